The van der Waals surface area contributed by atoms with Crippen molar-refractivity contribution in [1.29, 1.82) is 0 Å². The van der Waals surface area contributed by atoms with Crippen molar-refractivity contribution in [2.75, 3.05) is 19.0 Å². The van der Waals surface area contributed by atoms with Gasteiger partial charge >= 0.3 is 0 Å². The number of benzene rings is 2. The first kappa shape index (κ1) is 33.6. The van der Waals surface area contributed by atoms with Crippen LogP contribution in [0, 0.1) is 13.7 Å². The molecule has 0 unspecified atom stereocenters. The molecular formula is C30H45IN4O5. The molecule has 0 aromatic heterocycles. The predicted molar refractivity (Wildman–Crippen MR) is 170 cm³/mol. The number of hydrogen-bond acceptors (Lipinski definition) is 8. The lowest BCUT2D eigenvalue weighted by atomic mass is 10.1. The topological polar surface area (TPSA) is 110 Å². The van der Waals surface area contributed by atoms with E-state index in [2.05, 4.69) is 24.1 Å². The van der Waals surface area contributed by atoms with E-state index in [9.17, 15) is 15.2 Å². The van der Waals surface area contributed by atoms with Crippen LogP contribution in [0.4, 0.5) is 22.7 Å². The normalized spacial score (nSPS) is 12.9. The van der Waals surface area contributed by atoms with Crippen molar-refractivity contribution in [3.05, 3.63) is 37.9 Å². The number of aromatic hydroxyl groups is 1. The van der Waals surface area contributed by atoms with Gasteiger partial charge in [-0.05, 0) is 68.2 Å². The minimum Gasteiger partial charge on any atom is -0.506 e. The van der Waals surface area contributed by atoms with Crippen molar-refractivity contribution < 1.29 is 19.5 Å². The third-order valence-electron chi connectivity index (χ3n) is 6.61. The van der Waals surface area contributed by atoms with E-state index in [1.807, 2.05) is 55.4 Å². The van der Waals surface area contributed by atoms with E-state index in [-0.39, 0.29) is 29.3 Å². The van der Waals surface area contributed by atoms with Crippen LogP contribution in [0.15, 0.2) is 34.5 Å². The molecule has 0 spiro atoms. The highest BCUT2D eigenvalue weighted by Crippen LogP contribution is 2.42. The van der Waals surface area contributed by atoms with E-state index in [1.54, 1.807) is 18.2 Å². The van der Waals surface area contributed by atoms with Crippen LogP contribution in [-0.2, 0) is 0 Å². The van der Waals surface area contributed by atoms with Crippen molar-refractivity contribution in [3.8, 4) is 17.2 Å². The Kier molecular flexibility index (Phi) is 14.5. The Bertz CT molecular complexity index is 1130. The van der Waals surface area contributed by atoms with Crippen LogP contribution >= 0.6 is 22.6 Å². The maximum atomic E-state index is 11.6. The zero-order valence-electron chi connectivity index (χ0n) is 24.8. The second kappa shape index (κ2) is 17.2. The summed E-state index contributed by atoms with van der Waals surface area (Å²) < 4.78 is 12.8. The van der Waals surface area contributed by atoms with Crippen LogP contribution in [0.3, 0.4) is 0 Å². The third-order valence-corrected chi connectivity index (χ3v) is 7.48. The van der Waals surface area contributed by atoms with Crippen LogP contribution < -0.4 is 14.4 Å². The van der Waals surface area contributed by atoms with E-state index >= 15 is 0 Å². The van der Waals surface area contributed by atoms with Gasteiger partial charge in [0.25, 0.3) is 5.69 Å². The number of azo groups is 1. The molecule has 0 amide bonds. The molecule has 10 heteroatoms. The van der Waals surface area contributed by atoms with E-state index in [1.165, 1.54) is 31.7 Å². The quantitative estimate of drug-likeness (QED) is 0.0557. The molecule has 40 heavy (non-hydrogen) atoms. The molecule has 0 saturated carbocycles. The molecule has 2 rings (SSSR count). The number of nitrogens with zero attached hydrogens (tertiary/aromatic N) is 4. The maximum Gasteiger partial charge on any atom is 0.286 e. The molecule has 2 atom stereocenters. The standard InChI is InChI=1S/C30H45IN4O5/c1-7-9-11-13-15-21(3)39-29-20-26(35(37)38)23(31)17-25(29)33-32-24-18-30(27(34(5)6)19-28(24)36)40-22(4)16-14-12-10-8-2/h17-22,36H,7-16H2,1-6H3/t21-,22+/m0/s1. The van der Waals surface area contributed by atoms with Crippen molar-refractivity contribution >= 4 is 45.3 Å². The molecule has 0 aliphatic rings. The Labute approximate surface area is 252 Å². The molecule has 9 nitrogen and oxygen atoms in total. The van der Waals surface area contributed by atoms with Crippen LogP contribution in [-0.4, -0.2) is 36.3 Å². The van der Waals surface area contributed by atoms with E-state index in [0.717, 1.165) is 44.2 Å². The van der Waals surface area contributed by atoms with Gasteiger partial charge in [-0.1, -0.05) is 52.4 Å². The number of unbranched alkanes of at least 4 members (excludes halogenated alkanes) is 6. The number of nitro benzene ring substituents is 1. The molecule has 0 aliphatic carbocycles. The Morgan fingerprint density at radius 3 is 1.95 bits per heavy atom. The Morgan fingerprint density at radius 2 is 1.43 bits per heavy atom. The summed E-state index contributed by atoms with van der Waals surface area (Å²) in [4.78, 5) is 13.0. The molecule has 0 saturated heterocycles. The van der Waals surface area contributed by atoms with Crippen LogP contribution in [0.2, 0.25) is 0 Å². The van der Waals surface area contributed by atoms with Crippen molar-refractivity contribution in [3.63, 3.8) is 0 Å². The van der Waals surface area contributed by atoms with Gasteiger partial charge < -0.3 is 19.5 Å². The number of phenols is 1. The summed E-state index contributed by atoms with van der Waals surface area (Å²) in [6.07, 6.45) is 10.7. The van der Waals surface area contributed by atoms with Gasteiger partial charge in [-0.25, -0.2) is 0 Å². The van der Waals surface area contributed by atoms with Gasteiger partial charge in [0.15, 0.2) is 5.75 Å². The molecule has 0 heterocycles. The number of phenolic OH excluding ortho intramolecular Hbond substituents is 1. The molecular weight excluding hydrogens is 623 g/mol. The molecule has 0 aliphatic heterocycles. The number of nitro groups is 1. The molecule has 0 bridgehead atoms. The van der Waals surface area contributed by atoms with Gasteiger partial charge in [0, 0.05) is 26.2 Å². The van der Waals surface area contributed by atoms with Crippen LogP contribution in [0.25, 0.3) is 0 Å². The van der Waals surface area contributed by atoms with Crippen molar-refractivity contribution in [1.82, 2.24) is 0 Å². The Morgan fingerprint density at radius 1 is 0.875 bits per heavy atom. The van der Waals surface area contributed by atoms with Crippen molar-refractivity contribution in [2.45, 2.75) is 104 Å². The summed E-state index contributed by atoms with van der Waals surface area (Å²) in [6, 6.07) is 6.29. The second-order valence-electron chi connectivity index (χ2n) is 10.5. The van der Waals surface area contributed by atoms with Gasteiger partial charge in [0.05, 0.1) is 32.5 Å². The number of rotatable bonds is 18. The van der Waals surface area contributed by atoms with Gasteiger partial charge in [-0.15, -0.1) is 10.2 Å². The molecule has 2 aromatic rings. The average Bonchev–Trinajstić information content (AvgIpc) is 2.90. The maximum absolute atomic E-state index is 11.6. The second-order valence-corrected chi connectivity index (χ2v) is 11.6. The average molecular weight is 669 g/mol. The zero-order chi connectivity index (χ0) is 29.7. The molecule has 1 N–H and O–H groups in total. The first-order chi connectivity index (χ1) is 19.1. The fourth-order valence-corrected chi connectivity index (χ4v) is 4.94. The minimum absolute atomic E-state index is 0.0000414. The first-order valence-corrected chi connectivity index (χ1v) is 15.4. The number of ether oxygens (including phenoxy) is 2. The molecule has 2 aromatic carbocycles. The summed E-state index contributed by atoms with van der Waals surface area (Å²) in [5.74, 6) is 0.856. The number of halogens is 1. The van der Waals surface area contributed by atoms with Crippen LogP contribution in [0.1, 0.15) is 91.9 Å². The molecule has 222 valence electrons. The van der Waals surface area contributed by atoms with Gasteiger partial charge in [-0.2, -0.15) is 0 Å². The molecule has 0 radical (unpaired) electrons. The van der Waals surface area contributed by atoms with Crippen LogP contribution in [0.5, 0.6) is 17.2 Å². The van der Waals surface area contributed by atoms with Gasteiger partial charge in [0.1, 0.15) is 22.9 Å². The number of anilines is 1. The fraction of sp³-hybridized carbons (Fsp3) is 0.600. The van der Waals surface area contributed by atoms with Gasteiger partial charge in [-0.3, -0.25) is 10.1 Å². The highest BCUT2D eigenvalue weighted by Gasteiger charge is 2.20. The van der Waals surface area contributed by atoms with Crippen molar-refractivity contribution in [2.24, 2.45) is 10.2 Å². The summed E-state index contributed by atoms with van der Waals surface area (Å²) >= 11 is 1.92. The largest absolute Gasteiger partial charge is 0.506 e. The highest BCUT2D eigenvalue weighted by atomic mass is 127. The highest BCUT2D eigenvalue weighted by molar-refractivity contribution is 14.1. The van der Waals surface area contributed by atoms with E-state index < -0.39 is 4.92 Å². The number of hydrogen-bond donors (Lipinski definition) is 1. The Hall–Kier alpha value is -2.63. The Balaban J connectivity index is 2.35. The lowest BCUT2D eigenvalue weighted by molar-refractivity contribution is -0.385. The molecule has 0 fully saturated rings. The summed E-state index contributed by atoms with van der Waals surface area (Å²) in [7, 11) is 3.78. The third kappa shape index (κ3) is 10.7. The SMILES string of the molecule is CCCCCC[C@@H](C)Oc1cc(N=Nc2cc(I)c([N+](=O)[O-])cc2O[C@@H](C)CCCCCC)c(O)cc1N(C)C. The first-order valence-electron chi connectivity index (χ1n) is 14.3. The van der Waals surface area contributed by atoms with Gasteiger partial charge in [0.2, 0.25) is 0 Å². The summed E-state index contributed by atoms with van der Waals surface area (Å²) in [5.41, 5.74) is 1.29. The predicted octanol–water partition coefficient (Wildman–Crippen LogP) is 9.86. The lowest BCUT2D eigenvalue weighted by Gasteiger charge is -2.22. The minimum atomic E-state index is -0.430. The smallest absolute Gasteiger partial charge is 0.286 e. The zero-order valence-corrected chi connectivity index (χ0v) is 26.9. The lowest BCUT2D eigenvalue weighted by Crippen LogP contribution is -2.16. The fourth-order valence-electron chi connectivity index (χ4n) is 4.29. The summed E-state index contributed by atoms with van der Waals surface area (Å²) in [5, 5.41) is 31.0. The monoisotopic (exact) mass is 668 g/mol. The van der Waals surface area contributed by atoms with E-state index in [0.29, 0.717) is 20.8 Å². The van der Waals surface area contributed by atoms with E-state index in [4.69, 9.17) is 9.47 Å². The summed E-state index contributed by atoms with van der Waals surface area (Å²) in [6.45, 7) is 8.36.